The second kappa shape index (κ2) is 6.71. The number of ether oxygens (including phenoxy) is 3. The van der Waals surface area contributed by atoms with E-state index < -0.39 is 0 Å². The van der Waals surface area contributed by atoms with E-state index in [2.05, 4.69) is 6.07 Å². The minimum absolute atomic E-state index is 0.0933. The molecule has 0 aromatic heterocycles. The number of hydrogen-bond acceptors (Lipinski definition) is 4. The monoisotopic (exact) mass is 299 g/mol. The van der Waals surface area contributed by atoms with Gasteiger partial charge in [0.2, 0.25) is 0 Å². The average molecular weight is 299 g/mol. The Morgan fingerprint density at radius 1 is 1.09 bits per heavy atom. The highest BCUT2D eigenvalue weighted by Gasteiger charge is 2.14. The van der Waals surface area contributed by atoms with Gasteiger partial charge in [-0.25, -0.2) is 0 Å². The zero-order chi connectivity index (χ0) is 15.4. The highest BCUT2D eigenvalue weighted by Crippen LogP contribution is 2.32. The van der Waals surface area contributed by atoms with Crippen molar-refractivity contribution in [2.75, 3.05) is 20.3 Å². The van der Waals surface area contributed by atoms with Crippen LogP contribution in [0.5, 0.6) is 17.2 Å². The van der Waals surface area contributed by atoms with Crippen molar-refractivity contribution in [2.24, 2.45) is 5.73 Å². The maximum atomic E-state index is 6.35. The predicted octanol–water partition coefficient (Wildman–Crippen LogP) is 3.10. The van der Waals surface area contributed by atoms with Crippen molar-refractivity contribution in [3.05, 3.63) is 53.6 Å². The summed E-state index contributed by atoms with van der Waals surface area (Å²) in [4.78, 5) is 0. The molecule has 0 radical (unpaired) electrons. The molecule has 1 aliphatic heterocycles. The Bertz CT molecular complexity index is 642. The van der Waals surface area contributed by atoms with Crippen LogP contribution in [0.2, 0.25) is 0 Å². The van der Waals surface area contributed by atoms with Gasteiger partial charge in [-0.05, 0) is 41.8 Å². The third-order valence-electron chi connectivity index (χ3n) is 3.79. The van der Waals surface area contributed by atoms with Gasteiger partial charge in [-0.2, -0.15) is 0 Å². The van der Waals surface area contributed by atoms with Gasteiger partial charge in [0.05, 0.1) is 20.3 Å². The van der Waals surface area contributed by atoms with Gasteiger partial charge < -0.3 is 19.9 Å². The van der Waals surface area contributed by atoms with E-state index >= 15 is 0 Å². The Kier molecular flexibility index (Phi) is 4.49. The molecule has 1 atom stereocenters. The number of rotatable bonds is 4. The molecule has 0 bridgehead atoms. The summed E-state index contributed by atoms with van der Waals surface area (Å²) in [6.07, 6.45) is 1.65. The van der Waals surface area contributed by atoms with Crippen molar-refractivity contribution in [3.63, 3.8) is 0 Å². The van der Waals surface area contributed by atoms with E-state index in [0.29, 0.717) is 13.2 Å². The van der Waals surface area contributed by atoms with Crippen LogP contribution < -0.4 is 19.9 Å². The topological polar surface area (TPSA) is 53.7 Å². The van der Waals surface area contributed by atoms with Crippen LogP contribution in [0.25, 0.3) is 0 Å². The summed E-state index contributed by atoms with van der Waals surface area (Å²) >= 11 is 0. The number of fused-ring (bicyclic) bond motifs is 1. The van der Waals surface area contributed by atoms with Crippen LogP contribution in [-0.4, -0.2) is 20.3 Å². The molecule has 0 spiro atoms. The zero-order valence-corrected chi connectivity index (χ0v) is 12.7. The SMILES string of the molecule is COc1cccc(CC(N)c2ccc3c(c2)OCCCO3)c1. The highest BCUT2D eigenvalue weighted by molar-refractivity contribution is 5.44. The van der Waals surface area contributed by atoms with Crippen molar-refractivity contribution >= 4 is 0 Å². The minimum Gasteiger partial charge on any atom is -0.497 e. The van der Waals surface area contributed by atoms with Crippen LogP contribution in [-0.2, 0) is 6.42 Å². The average Bonchev–Trinajstić information content (AvgIpc) is 2.79. The third-order valence-corrected chi connectivity index (χ3v) is 3.79. The lowest BCUT2D eigenvalue weighted by atomic mass is 9.99. The summed E-state index contributed by atoms with van der Waals surface area (Å²) in [6.45, 7) is 1.38. The molecule has 2 aromatic carbocycles. The molecule has 1 unspecified atom stereocenters. The van der Waals surface area contributed by atoms with Crippen LogP contribution in [0.3, 0.4) is 0 Å². The Balaban J connectivity index is 1.77. The Hall–Kier alpha value is -2.20. The summed E-state index contributed by atoms with van der Waals surface area (Å²) in [6, 6.07) is 13.8. The first-order valence-corrected chi connectivity index (χ1v) is 7.54. The number of methoxy groups -OCH3 is 1. The van der Waals surface area contributed by atoms with E-state index in [9.17, 15) is 0 Å². The van der Waals surface area contributed by atoms with Gasteiger partial charge in [0.1, 0.15) is 5.75 Å². The van der Waals surface area contributed by atoms with E-state index in [1.165, 1.54) is 0 Å². The van der Waals surface area contributed by atoms with E-state index in [1.807, 2.05) is 36.4 Å². The molecule has 116 valence electrons. The first kappa shape index (κ1) is 14.7. The van der Waals surface area contributed by atoms with Gasteiger partial charge in [-0.1, -0.05) is 18.2 Å². The predicted molar refractivity (Wildman–Crippen MR) is 85.7 cm³/mol. The summed E-state index contributed by atoms with van der Waals surface area (Å²) < 4.78 is 16.6. The van der Waals surface area contributed by atoms with Gasteiger partial charge in [-0.15, -0.1) is 0 Å². The summed E-state index contributed by atoms with van der Waals surface area (Å²) in [7, 11) is 1.67. The second-order valence-electron chi connectivity index (χ2n) is 5.42. The molecule has 0 saturated carbocycles. The standard InChI is InChI=1S/C18H21NO3/c1-20-15-5-2-4-13(10-15)11-16(19)14-6-7-17-18(12-14)22-9-3-8-21-17/h2,4-7,10,12,16H,3,8-9,11,19H2,1H3. The molecule has 4 heteroatoms. The molecule has 2 N–H and O–H groups in total. The molecule has 4 nitrogen and oxygen atoms in total. The number of benzene rings is 2. The van der Waals surface area contributed by atoms with Crippen LogP contribution in [0, 0.1) is 0 Å². The van der Waals surface area contributed by atoms with Crippen molar-refractivity contribution in [1.82, 2.24) is 0 Å². The fourth-order valence-electron chi connectivity index (χ4n) is 2.58. The van der Waals surface area contributed by atoms with Crippen LogP contribution >= 0.6 is 0 Å². The molecule has 3 rings (SSSR count). The molecule has 2 aromatic rings. The third kappa shape index (κ3) is 3.34. The van der Waals surface area contributed by atoms with E-state index in [0.717, 1.165) is 41.2 Å². The van der Waals surface area contributed by atoms with Crippen molar-refractivity contribution in [3.8, 4) is 17.2 Å². The van der Waals surface area contributed by atoms with Crippen LogP contribution in [0.15, 0.2) is 42.5 Å². The Morgan fingerprint density at radius 2 is 1.91 bits per heavy atom. The lowest BCUT2D eigenvalue weighted by Crippen LogP contribution is -2.13. The fourth-order valence-corrected chi connectivity index (χ4v) is 2.58. The van der Waals surface area contributed by atoms with E-state index in [4.69, 9.17) is 19.9 Å². The lowest BCUT2D eigenvalue weighted by Gasteiger charge is -2.15. The molecule has 1 heterocycles. The van der Waals surface area contributed by atoms with Crippen LogP contribution in [0.4, 0.5) is 0 Å². The first-order chi connectivity index (χ1) is 10.8. The Morgan fingerprint density at radius 3 is 2.73 bits per heavy atom. The molecule has 22 heavy (non-hydrogen) atoms. The molecule has 0 saturated heterocycles. The molecule has 0 amide bonds. The second-order valence-corrected chi connectivity index (χ2v) is 5.42. The van der Waals surface area contributed by atoms with Gasteiger partial charge >= 0.3 is 0 Å². The fraction of sp³-hybridized carbons (Fsp3) is 0.333. The summed E-state index contributed by atoms with van der Waals surface area (Å²) in [5.74, 6) is 2.44. The van der Waals surface area contributed by atoms with E-state index in [-0.39, 0.29) is 6.04 Å². The Labute approximate surface area is 130 Å². The van der Waals surface area contributed by atoms with Gasteiger partial charge in [0.15, 0.2) is 11.5 Å². The van der Waals surface area contributed by atoms with Crippen molar-refractivity contribution in [1.29, 1.82) is 0 Å². The molecule has 0 fully saturated rings. The first-order valence-electron chi connectivity index (χ1n) is 7.54. The maximum Gasteiger partial charge on any atom is 0.161 e. The summed E-state index contributed by atoms with van der Waals surface area (Å²) in [5, 5.41) is 0. The van der Waals surface area contributed by atoms with Crippen molar-refractivity contribution < 1.29 is 14.2 Å². The lowest BCUT2D eigenvalue weighted by molar-refractivity contribution is 0.297. The van der Waals surface area contributed by atoms with Gasteiger partial charge in [0, 0.05) is 12.5 Å². The molecular weight excluding hydrogens is 278 g/mol. The van der Waals surface area contributed by atoms with E-state index in [1.54, 1.807) is 7.11 Å². The quantitative estimate of drug-likeness (QED) is 0.942. The maximum absolute atomic E-state index is 6.35. The molecular formula is C18H21NO3. The minimum atomic E-state index is -0.0933. The molecule has 1 aliphatic rings. The van der Waals surface area contributed by atoms with Crippen LogP contribution in [0.1, 0.15) is 23.6 Å². The largest absolute Gasteiger partial charge is 0.497 e. The van der Waals surface area contributed by atoms with Gasteiger partial charge in [-0.3, -0.25) is 0 Å². The molecule has 0 aliphatic carbocycles. The normalized spacial score (nSPS) is 15.0. The number of hydrogen-bond donors (Lipinski definition) is 1. The smallest absolute Gasteiger partial charge is 0.161 e. The van der Waals surface area contributed by atoms with Gasteiger partial charge in [0.25, 0.3) is 0 Å². The summed E-state index contributed by atoms with van der Waals surface area (Å²) in [5.41, 5.74) is 8.55. The zero-order valence-electron chi connectivity index (χ0n) is 12.7. The number of nitrogens with two attached hydrogens (primary N) is 1. The van der Waals surface area contributed by atoms with Crippen molar-refractivity contribution in [2.45, 2.75) is 18.9 Å². The highest BCUT2D eigenvalue weighted by atomic mass is 16.5.